The Morgan fingerprint density at radius 1 is 1.00 bits per heavy atom. The first kappa shape index (κ1) is 13.9. The van der Waals surface area contributed by atoms with Crippen LogP contribution >= 0.6 is 0 Å². The van der Waals surface area contributed by atoms with Gasteiger partial charge >= 0.3 is 0 Å². The minimum Gasteiger partial charge on any atom is -0.366 e. The van der Waals surface area contributed by atoms with Crippen LogP contribution in [0.4, 0.5) is 0 Å². The number of aryl methyl sites for hydroxylation is 1. The Kier molecular flexibility index (Phi) is 3.53. The van der Waals surface area contributed by atoms with E-state index in [1.54, 1.807) is 0 Å². The van der Waals surface area contributed by atoms with Crippen LogP contribution in [0.15, 0.2) is 30.0 Å². The number of carbonyl (C=O) groups is 2. The molecule has 0 N–H and O–H groups in total. The van der Waals surface area contributed by atoms with E-state index < -0.39 is 0 Å². The lowest BCUT2D eigenvalue weighted by Crippen LogP contribution is -2.34. The summed E-state index contributed by atoms with van der Waals surface area (Å²) in [5, 5.41) is 0. The molecule has 1 aromatic carbocycles. The van der Waals surface area contributed by atoms with Crippen molar-refractivity contribution in [3.8, 4) is 0 Å². The van der Waals surface area contributed by atoms with Crippen molar-refractivity contribution in [2.45, 2.75) is 26.7 Å². The molecule has 0 saturated carbocycles. The summed E-state index contributed by atoms with van der Waals surface area (Å²) in [5.41, 5.74) is 3.16. The largest absolute Gasteiger partial charge is 0.366 e. The lowest BCUT2D eigenvalue weighted by atomic mass is 10.0. The quantitative estimate of drug-likeness (QED) is 0.799. The third kappa shape index (κ3) is 2.24. The molecular weight excluding hydrogens is 264 g/mol. The van der Waals surface area contributed by atoms with Crippen LogP contribution in [-0.4, -0.2) is 41.2 Å². The second-order valence-corrected chi connectivity index (χ2v) is 5.64. The number of imide groups is 1. The summed E-state index contributed by atoms with van der Waals surface area (Å²) in [4.78, 5) is 28.6. The van der Waals surface area contributed by atoms with Gasteiger partial charge in [0, 0.05) is 19.6 Å². The Bertz CT molecular complexity index is 610. The molecule has 1 fully saturated rings. The van der Waals surface area contributed by atoms with Crippen molar-refractivity contribution in [2.75, 3.05) is 19.6 Å². The van der Waals surface area contributed by atoms with Crippen LogP contribution < -0.4 is 0 Å². The fourth-order valence-electron chi connectivity index (χ4n) is 3.06. The van der Waals surface area contributed by atoms with E-state index in [4.69, 9.17) is 0 Å². The molecule has 0 aromatic heterocycles. The minimum absolute atomic E-state index is 0.139. The van der Waals surface area contributed by atoms with Crippen molar-refractivity contribution in [1.82, 2.24) is 9.80 Å². The van der Waals surface area contributed by atoms with Crippen molar-refractivity contribution in [3.05, 3.63) is 41.1 Å². The number of likely N-dealkylation sites (N-methyl/N-ethyl adjacent to an activating group) is 1. The Morgan fingerprint density at radius 2 is 1.62 bits per heavy atom. The van der Waals surface area contributed by atoms with E-state index in [9.17, 15) is 9.59 Å². The smallest absolute Gasteiger partial charge is 0.277 e. The van der Waals surface area contributed by atoms with Crippen LogP contribution in [0, 0.1) is 6.92 Å². The van der Waals surface area contributed by atoms with Gasteiger partial charge in [-0.1, -0.05) is 29.8 Å². The average molecular weight is 284 g/mol. The highest BCUT2D eigenvalue weighted by Crippen LogP contribution is 2.33. The maximum absolute atomic E-state index is 12.6. The molecule has 0 unspecified atom stereocenters. The standard InChI is InChI=1S/C17H20N2O2/c1-3-19-16(20)14(13-8-6-12(2)7-9-13)15(17(19)21)18-10-4-5-11-18/h6-9H,3-5,10-11H2,1-2H3. The van der Waals surface area contributed by atoms with Crippen molar-refractivity contribution in [1.29, 1.82) is 0 Å². The van der Waals surface area contributed by atoms with Crippen LogP contribution in [0.2, 0.25) is 0 Å². The van der Waals surface area contributed by atoms with Gasteiger partial charge in [-0.25, -0.2) is 0 Å². The lowest BCUT2D eigenvalue weighted by Gasteiger charge is -2.19. The summed E-state index contributed by atoms with van der Waals surface area (Å²) < 4.78 is 0. The summed E-state index contributed by atoms with van der Waals surface area (Å²) in [7, 11) is 0. The number of benzene rings is 1. The molecule has 2 amide bonds. The summed E-state index contributed by atoms with van der Waals surface area (Å²) in [6.07, 6.45) is 2.16. The normalized spacial score (nSPS) is 19.1. The van der Waals surface area contributed by atoms with E-state index in [0.717, 1.165) is 37.1 Å². The number of hydrogen-bond donors (Lipinski definition) is 0. The van der Waals surface area contributed by atoms with Crippen molar-refractivity contribution in [3.63, 3.8) is 0 Å². The number of nitrogens with zero attached hydrogens (tertiary/aromatic N) is 2. The second kappa shape index (κ2) is 5.35. The molecule has 0 atom stereocenters. The number of rotatable bonds is 3. The van der Waals surface area contributed by atoms with Gasteiger partial charge in [0.2, 0.25) is 0 Å². The van der Waals surface area contributed by atoms with Gasteiger partial charge in [0.05, 0.1) is 5.57 Å². The molecule has 0 spiro atoms. The number of amides is 2. The molecular formula is C17H20N2O2. The Hall–Kier alpha value is -2.10. The maximum Gasteiger partial charge on any atom is 0.277 e. The van der Waals surface area contributed by atoms with E-state index in [0.29, 0.717) is 17.8 Å². The van der Waals surface area contributed by atoms with Gasteiger partial charge < -0.3 is 4.90 Å². The molecule has 3 rings (SSSR count). The van der Waals surface area contributed by atoms with Crippen LogP contribution in [0.5, 0.6) is 0 Å². The zero-order valence-electron chi connectivity index (χ0n) is 12.6. The zero-order chi connectivity index (χ0) is 15.0. The highest BCUT2D eigenvalue weighted by Gasteiger charge is 2.41. The van der Waals surface area contributed by atoms with Crippen LogP contribution in [0.1, 0.15) is 30.9 Å². The number of likely N-dealkylation sites (tertiary alicyclic amines) is 1. The fourth-order valence-corrected chi connectivity index (χ4v) is 3.06. The summed E-state index contributed by atoms with van der Waals surface area (Å²) in [6.45, 7) is 6.00. The molecule has 21 heavy (non-hydrogen) atoms. The Morgan fingerprint density at radius 3 is 2.19 bits per heavy atom. The van der Waals surface area contributed by atoms with Gasteiger partial charge in [-0.3, -0.25) is 14.5 Å². The average Bonchev–Trinajstić information content (AvgIpc) is 3.07. The van der Waals surface area contributed by atoms with Gasteiger partial charge in [-0.2, -0.15) is 0 Å². The summed E-state index contributed by atoms with van der Waals surface area (Å²) in [6, 6.07) is 7.84. The fraction of sp³-hybridized carbons (Fsp3) is 0.412. The number of hydrogen-bond acceptors (Lipinski definition) is 3. The first-order chi connectivity index (χ1) is 10.1. The second-order valence-electron chi connectivity index (χ2n) is 5.64. The molecule has 4 nitrogen and oxygen atoms in total. The lowest BCUT2D eigenvalue weighted by molar-refractivity contribution is -0.137. The van der Waals surface area contributed by atoms with Crippen molar-refractivity contribution in [2.24, 2.45) is 0 Å². The summed E-state index contributed by atoms with van der Waals surface area (Å²) in [5.74, 6) is -0.298. The molecule has 1 aromatic rings. The highest BCUT2D eigenvalue weighted by molar-refractivity contribution is 6.35. The van der Waals surface area contributed by atoms with Gasteiger partial charge in [0.1, 0.15) is 5.70 Å². The van der Waals surface area contributed by atoms with E-state index in [2.05, 4.69) is 4.90 Å². The third-order valence-electron chi connectivity index (χ3n) is 4.22. The molecule has 2 aliphatic heterocycles. The van der Waals surface area contributed by atoms with Crippen LogP contribution in [0.25, 0.3) is 5.57 Å². The van der Waals surface area contributed by atoms with E-state index in [1.807, 2.05) is 38.1 Å². The predicted octanol–water partition coefficient (Wildman–Crippen LogP) is 2.19. The first-order valence-electron chi connectivity index (χ1n) is 7.56. The number of carbonyl (C=O) groups excluding carboxylic acids is 2. The van der Waals surface area contributed by atoms with Crippen molar-refractivity contribution < 1.29 is 9.59 Å². The van der Waals surface area contributed by atoms with Gasteiger partial charge in [0.25, 0.3) is 11.8 Å². The van der Waals surface area contributed by atoms with Gasteiger partial charge in [-0.05, 0) is 32.3 Å². The first-order valence-corrected chi connectivity index (χ1v) is 7.56. The summed E-state index contributed by atoms with van der Waals surface area (Å²) >= 11 is 0. The van der Waals surface area contributed by atoms with Crippen LogP contribution in [0.3, 0.4) is 0 Å². The topological polar surface area (TPSA) is 40.6 Å². The molecule has 2 aliphatic rings. The molecule has 0 radical (unpaired) electrons. The molecule has 0 aliphatic carbocycles. The molecule has 4 heteroatoms. The molecule has 1 saturated heterocycles. The van der Waals surface area contributed by atoms with E-state index >= 15 is 0 Å². The molecule has 110 valence electrons. The van der Waals surface area contributed by atoms with E-state index in [-0.39, 0.29) is 11.8 Å². The SMILES string of the molecule is CCN1C(=O)C(c2ccc(C)cc2)=C(N2CCCC2)C1=O. The predicted molar refractivity (Wildman–Crippen MR) is 81.3 cm³/mol. The Balaban J connectivity index is 2.11. The Labute approximate surface area is 125 Å². The van der Waals surface area contributed by atoms with Crippen molar-refractivity contribution >= 4 is 17.4 Å². The molecule has 0 bridgehead atoms. The minimum atomic E-state index is -0.159. The molecule has 2 heterocycles. The van der Waals surface area contributed by atoms with Crippen LogP contribution in [-0.2, 0) is 9.59 Å². The highest BCUT2D eigenvalue weighted by atomic mass is 16.2. The van der Waals surface area contributed by atoms with E-state index in [1.165, 1.54) is 4.90 Å². The zero-order valence-corrected chi connectivity index (χ0v) is 12.6. The monoisotopic (exact) mass is 284 g/mol. The van der Waals surface area contributed by atoms with Gasteiger partial charge in [-0.15, -0.1) is 0 Å². The maximum atomic E-state index is 12.6. The third-order valence-corrected chi connectivity index (χ3v) is 4.22. The van der Waals surface area contributed by atoms with Gasteiger partial charge in [0.15, 0.2) is 0 Å².